The van der Waals surface area contributed by atoms with Crippen molar-refractivity contribution in [2.45, 2.75) is 58.0 Å². The van der Waals surface area contributed by atoms with Crippen LogP contribution in [-0.4, -0.2) is 56.1 Å². The second-order valence-corrected chi connectivity index (χ2v) is 8.56. The van der Waals surface area contributed by atoms with Crippen molar-refractivity contribution in [3.63, 3.8) is 0 Å². The number of nitrogens with one attached hydrogen (secondary N) is 2. The SMILES string of the molecule is CCCCS(=O)(=O)N1CCCC1C(=O)NC1CCNCC1C.Cl. The number of piperidine rings is 1. The van der Waals surface area contributed by atoms with Crippen LogP contribution in [-0.2, 0) is 14.8 Å². The molecule has 0 radical (unpaired) electrons. The van der Waals surface area contributed by atoms with Crippen LogP contribution < -0.4 is 10.6 Å². The Morgan fingerprint density at radius 1 is 1.35 bits per heavy atom. The second kappa shape index (κ2) is 9.20. The maximum atomic E-state index is 12.6. The van der Waals surface area contributed by atoms with Gasteiger partial charge in [-0.15, -0.1) is 12.4 Å². The van der Waals surface area contributed by atoms with Gasteiger partial charge < -0.3 is 10.6 Å². The minimum Gasteiger partial charge on any atom is -0.352 e. The summed E-state index contributed by atoms with van der Waals surface area (Å²) < 4.78 is 26.2. The van der Waals surface area contributed by atoms with Crippen LogP contribution in [0.15, 0.2) is 0 Å². The Kier molecular flexibility index (Phi) is 8.27. The van der Waals surface area contributed by atoms with Crippen LogP contribution in [0.4, 0.5) is 0 Å². The summed E-state index contributed by atoms with van der Waals surface area (Å²) in [5, 5.41) is 6.39. The molecule has 0 aromatic carbocycles. The molecule has 0 bridgehead atoms. The van der Waals surface area contributed by atoms with Crippen LogP contribution in [0.1, 0.15) is 46.0 Å². The Balaban J connectivity index is 0.00000264. The predicted octanol–water partition coefficient (Wildman–Crippen LogP) is 1.12. The molecular formula is C15H30ClN3O3S. The molecule has 2 aliphatic heterocycles. The Bertz CT molecular complexity index is 486. The van der Waals surface area contributed by atoms with Gasteiger partial charge in [0, 0.05) is 12.6 Å². The van der Waals surface area contributed by atoms with E-state index in [1.54, 1.807) is 0 Å². The lowest BCUT2D eigenvalue weighted by Crippen LogP contribution is -2.54. The number of hydrogen-bond acceptors (Lipinski definition) is 4. The molecule has 6 nitrogen and oxygen atoms in total. The Morgan fingerprint density at radius 3 is 2.74 bits per heavy atom. The van der Waals surface area contributed by atoms with E-state index in [0.29, 0.717) is 25.3 Å². The van der Waals surface area contributed by atoms with Gasteiger partial charge >= 0.3 is 0 Å². The van der Waals surface area contributed by atoms with Crippen LogP contribution in [0.5, 0.6) is 0 Å². The summed E-state index contributed by atoms with van der Waals surface area (Å²) in [4.78, 5) is 12.6. The van der Waals surface area contributed by atoms with E-state index in [2.05, 4.69) is 17.6 Å². The van der Waals surface area contributed by atoms with Gasteiger partial charge in [-0.25, -0.2) is 8.42 Å². The van der Waals surface area contributed by atoms with Gasteiger partial charge in [0.1, 0.15) is 6.04 Å². The minimum absolute atomic E-state index is 0. The van der Waals surface area contributed by atoms with Crippen molar-refractivity contribution in [3.8, 4) is 0 Å². The number of rotatable bonds is 6. The molecule has 23 heavy (non-hydrogen) atoms. The average Bonchev–Trinajstić information content (AvgIpc) is 2.98. The molecule has 3 unspecified atom stereocenters. The Labute approximate surface area is 146 Å². The smallest absolute Gasteiger partial charge is 0.238 e. The highest BCUT2D eigenvalue weighted by molar-refractivity contribution is 7.89. The van der Waals surface area contributed by atoms with Gasteiger partial charge in [0.2, 0.25) is 15.9 Å². The number of sulfonamides is 1. The molecular weight excluding hydrogens is 338 g/mol. The van der Waals surface area contributed by atoms with Gasteiger partial charge in [0.15, 0.2) is 0 Å². The van der Waals surface area contributed by atoms with Crippen LogP contribution >= 0.6 is 12.4 Å². The van der Waals surface area contributed by atoms with Gasteiger partial charge in [0.25, 0.3) is 0 Å². The van der Waals surface area contributed by atoms with Crippen molar-refractivity contribution in [2.24, 2.45) is 5.92 Å². The number of amides is 1. The molecule has 0 saturated carbocycles. The highest BCUT2D eigenvalue weighted by Crippen LogP contribution is 2.23. The predicted molar refractivity (Wildman–Crippen MR) is 94.3 cm³/mol. The number of carbonyl (C=O) groups excluding carboxylic acids is 1. The lowest BCUT2D eigenvalue weighted by molar-refractivity contribution is -0.125. The number of halogens is 1. The largest absolute Gasteiger partial charge is 0.352 e. The molecule has 2 fully saturated rings. The minimum atomic E-state index is -3.31. The zero-order chi connectivity index (χ0) is 16.2. The average molecular weight is 368 g/mol. The van der Waals surface area contributed by atoms with Crippen LogP contribution in [0.3, 0.4) is 0 Å². The zero-order valence-electron chi connectivity index (χ0n) is 14.1. The monoisotopic (exact) mass is 367 g/mol. The fraction of sp³-hybridized carbons (Fsp3) is 0.933. The fourth-order valence-electron chi connectivity index (χ4n) is 3.29. The van der Waals surface area contributed by atoms with Gasteiger partial charge in [-0.3, -0.25) is 4.79 Å². The number of nitrogens with zero attached hydrogens (tertiary/aromatic N) is 1. The van der Waals surface area contributed by atoms with Crippen LogP contribution in [0.2, 0.25) is 0 Å². The molecule has 2 saturated heterocycles. The first kappa shape index (κ1) is 20.7. The van der Waals surface area contributed by atoms with E-state index < -0.39 is 16.1 Å². The molecule has 3 atom stereocenters. The van der Waals surface area contributed by atoms with Crippen LogP contribution in [0.25, 0.3) is 0 Å². The summed E-state index contributed by atoms with van der Waals surface area (Å²) in [5.74, 6) is 0.414. The molecule has 0 aromatic rings. The maximum Gasteiger partial charge on any atom is 0.238 e. The van der Waals surface area contributed by atoms with Crippen molar-refractivity contribution < 1.29 is 13.2 Å². The van der Waals surface area contributed by atoms with E-state index in [4.69, 9.17) is 0 Å². The molecule has 2 N–H and O–H groups in total. The molecule has 1 amide bonds. The summed E-state index contributed by atoms with van der Waals surface area (Å²) in [7, 11) is -3.31. The van der Waals surface area contributed by atoms with Gasteiger partial charge in [-0.05, 0) is 44.7 Å². The van der Waals surface area contributed by atoms with Gasteiger partial charge in [-0.2, -0.15) is 4.31 Å². The first-order valence-electron chi connectivity index (χ1n) is 8.46. The molecule has 2 rings (SSSR count). The molecule has 0 spiro atoms. The zero-order valence-corrected chi connectivity index (χ0v) is 15.7. The molecule has 0 aliphatic carbocycles. The highest BCUT2D eigenvalue weighted by Gasteiger charge is 2.39. The van der Waals surface area contributed by atoms with Crippen molar-refractivity contribution in [3.05, 3.63) is 0 Å². The Morgan fingerprint density at radius 2 is 2.09 bits per heavy atom. The lowest BCUT2D eigenvalue weighted by atomic mass is 9.95. The van der Waals surface area contributed by atoms with E-state index in [1.807, 2.05) is 6.92 Å². The molecule has 136 valence electrons. The fourth-order valence-corrected chi connectivity index (χ4v) is 5.17. The summed E-state index contributed by atoms with van der Waals surface area (Å²) >= 11 is 0. The third-order valence-electron chi connectivity index (χ3n) is 4.73. The molecule has 2 heterocycles. The van der Waals surface area contributed by atoms with Crippen LogP contribution in [0, 0.1) is 5.92 Å². The van der Waals surface area contributed by atoms with Crippen molar-refractivity contribution in [2.75, 3.05) is 25.4 Å². The van der Waals surface area contributed by atoms with Crippen molar-refractivity contribution in [1.82, 2.24) is 14.9 Å². The number of unbranched alkanes of at least 4 members (excludes halogenated alkanes) is 1. The van der Waals surface area contributed by atoms with E-state index in [9.17, 15) is 13.2 Å². The standard InChI is InChI=1S/C15H29N3O3S.ClH/c1-3-4-10-22(20,21)18-9-5-6-14(18)15(19)17-13-7-8-16-11-12(13)2;/h12-14,16H,3-11H2,1-2H3,(H,17,19);1H. The first-order chi connectivity index (χ1) is 10.5. The van der Waals surface area contributed by atoms with Crippen molar-refractivity contribution in [1.29, 1.82) is 0 Å². The third kappa shape index (κ3) is 5.31. The summed E-state index contributed by atoms with van der Waals surface area (Å²) in [5.41, 5.74) is 0. The lowest BCUT2D eigenvalue weighted by Gasteiger charge is -2.32. The number of hydrogen-bond donors (Lipinski definition) is 2. The number of carbonyl (C=O) groups is 1. The quantitative estimate of drug-likeness (QED) is 0.737. The maximum absolute atomic E-state index is 12.6. The van der Waals surface area contributed by atoms with Gasteiger partial charge in [0.05, 0.1) is 5.75 Å². The first-order valence-corrected chi connectivity index (χ1v) is 10.1. The van der Waals surface area contributed by atoms with E-state index >= 15 is 0 Å². The van der Waals surface area contributed by atoms with E-state index in [0.717, 1.165) is 32.4 Å². The molecule has 0 aromatic heterocycles. The summed E-state index contributed by atoms with van der Waals surface area (Å²) in [6, 6.07) is -0.363. The second-order valence-electron chi connectivity index (χ2n) is 6.52. The van der Waals surface area contributed by atoms with E-state index in [1.165, 1.54) is 4.31 Å². The summed E-state index contributed by atoms with van der Waals surface area (Å²) in [6.07, 6.45) is 3.80. The third-order valence-corrected chi connectivity index (χ3v) is 6.69. The molecule has 8 heteroatoms. The van der Waals surface area contributed by atoms with Crippen molar-refractivity contribution >= 4 is 28.3 Å². The highest BCUT2D eigenvalue weighted by atomic mass is 35.5. The molecule has 2 aliphatic rings. The summed E-state index contributed by atoms with van der Waals surface area (Å²) in [6.45, 7) is 6.36. The normalized spacial score (nSPS) is 29.0. The Hall–Kier alpha value is -0.370. The van der Waals surface area contributed by atoms with E-state index in [-0.39, 0.29) is 30.1 Å². The van der Waals surface area contributed by atoms with Gasteiger partial charge in [-0.1, -0.05) is 20.3 Å². The topological polar surface area (TPSA) is 78.5 Å².